The first-order valence-electron chi connectivity index (χ1n) is 7.99. The predicted octanol–water partition coefficient (Wildman–Crippen LogP) is 1.78. The molecule has 1 heterocycles. The molecule has 0 saturated heterocycles. The number of benzene rings is 1. The Balaban J connectivity index is 2.15. The van der Waals surface area contributed by atoms with Crippen molar-refractivity contribution in [1.29, 1.82) is 0 Å². The molecule has 0 saturated carbocycles. The van der Waals surface area contributed by atoms with Gasteiger partial charge in [-0.1, -0.05) is 17.3 Å². The van der Waals surface area contributed by atoms with Gasteiger partial charge in [0.05, 0.1) is 18.0 Å². The van der Waals surface area contributed by atoms with Gasteiger partial charge in [-0.05, 0) is 32.9 Å². The molecule has 0 aliphatic carbocycles. The molecule has 10 nitrogen and oxygen atoms in total. The first-order valence-corrected chi connectivity index (χ1v) is 9.48. The summed E-state index contributed by atoms with van der Waals surface area (Å²) in [6.45, 7) is 4.83. The van der Waals surface area contributed by atoms with Crippen molar-refractivity contribution < 1.29 is 27.3 Å². The highest BCUT2D eigenvalue weighted by Crippen LogP contribution is 2.26. The van der Waals surface area contributed by atoms with Crippen LogP contribution >= 0.6 is 0 Å². The molecule has 0 spiro atoms. The molecule has 11 heteroatoms. The number of sulfonamides is 1. The highest BCUT2D eigenvalue weighted by atomic mass is 32.2. The standard InChI is InChI=1S/C16H20N4O6S/c1-4-25-14(21)9-17-16(22)18-12-7-5-6-8-13(12)27(23,24)20-15-10(2)11(3)19-26-15/h5-8,20H,4,9H2,1-3H3,(H2,17,18,22). The molecule has 2 amide bonds. The fraction of sp³-hybridized carbons (Fsp3) is 0.312. The summed E-state index contributed by atoms with van der Waals surface area (Å²) >= 11 is 0. The van der Waals surface area contributed by atoms with Crippen LogP contribution in [0.3, 0.4) is 0 Å². The van der Waals surface area contributed by atoms with Crippen LogP contribution in [0.5, 0.6) is 0 Å². The van der Waals surface area contributed by atoms with Crippen LogP contribution in [0, 0.1) is 13.8 Å². The number of urea groups is 1. The van der Waals surface area contributed by atoms with Crippen molar-refractivity contribution in [3.05, 3.63) is 35.5 Å². The Bertz CT molecular complexity index is 938. The summed E-state index contributed by atoms with van der Waals surface area (Å²) in [5.41, 5.74) is 1.13. The summed E-state index contributed by atoms with van der Waals surface area (Å²) < 4.78 is 37.3. The van der Waals surface area contributed by atoms with Gasteiger partial charge in [-0.25, -0.2) is 17.9 Å². The number of nitrogens with one attached hydrogen (secondary N) is 3. The molecule has 1 aromatic heterocycles. The van der Waals surface area contributed by atoms with E-state index in [1.54, 1.807) is 26.8 Å². The molecular formula is C16H20N4O6S. The minimum Gasteiger partial charge on any atom is -0.465 e. The van der Waals surface area contributed by atoms with Crippen LogP contribution in [-0.2, 0) is 19.6 Å². The third-order valence-electron chi connectivity index (χ3n) is 3.51. The third kappa shape index (κ3) is 5.20. The number of hydrogen-bond acceptors (Lipinski definition) is 7. The van der Waals surface area contributed by atoms with Gasteiger partial charge in [0.1, 0.15) is 11.4 Å². The fourth-order valence-corrected chi connectivity index (χ4v) is 3.23. The second-order valence-electron chi connectivity index (χ2n) is 5.44. The summed E-state index contributed by atoms with van der Waals surface area (Å²) in [6, 6.07) is 5.05. The summed E-state index contributed by atoms with van der Waals surface area (Å²) in [6.07, 6.45) is 0. The van der Waals surface area contributed by atoms with Crippen molar-refractivity contribution in [2.75, 3.05) is 23.2 Å². The average molecular weight is 396 g/mol. The number of esters is 1. The van der Waals surface area contributed by atoms with Gasteiger partial charge in [-0.15, -0.1) is 0 Å². The van der Waals surface area contributed by atoms with E-state index < -0.39 is 22.0 Å². The monoisotopic (exact) mass is 396 g/mol. The maximum atomic E-state index is 12.7. The molecule has 0 aliphatic heterocycles. The number of amides is 2. The van der Waals surface area contributed by atoms with Crippen molar-refractivity contribution in [3.63, 3.8) is 0 Å². The Labute approximate surface area is 156 Å². The van der Waals surface area contributed by atoms with E-state index in [1.807, 2.05) is 0 Å². The lowest BCUT2D eigenvalue weighted by molar-refractivity contribution is -0.141. The van der Waals surface area contributed by atoms with Gasteiger partial charge in [0.2, 0.25) is 5.88 Å². The Hall–Kier alpha value is -3.08. The lowest BCUT2D eigenvalue weighted by Gasteiger charge is -2.12. The zero-order valence-electron chi connectivity index (χ0n) is 15.0. The van der Waals surface area contributed by atoms with Crippen LogP contribution in [0.15, 0.2) is 33.7 Å². The third-order valence-corrected chi connectivity index (χ3v) is 4.90. The molecule has 2 aromatic rings. The Morgan fingerprint density at radius 3 is 2.56 bits per heavy atom. The van der Waals surface area contributed by atoms with Crippen molar-refractivity contribution in [1.82, 2.24) is 10.5 Å². The molecular weight excluding hydrogens is 376 g/mol. The number of para-hydroxylation sites is 1. The van der Waals surface area contributed by atoms with Gasteiger partial charge < -0.3 is 19.9 Å². The quantitative estimate of drug-likeness (QED) is 0.606. The van der Waals surface area contributed by atoms with Gasteiger partial charge in [0.25, 0.3) is 10.0 Å². The predicted molar refractivity (Wildman–Crippen MR) is 96.9 cm³/mol. The number of rotatable bonds is 7. The minimum atomic E-state index is -4.06. The van der Waals surface area contributed by atoms with E-state index in [0.29, 0.717) is 11.3 Å². The van der Waals surface area contributed by atoms with Crippen LogP contribution in [0.2, 0.25) is 0 Å². The van der Waals surface area contributed by atoms with Gasteiger partial charge in [-0.3, -0.25) is 4.79 Å². The Morgan fingerprint density at radius 1 is 1.22 bits per heavy atom. The topological polar surface area (TPSA) is 140 Å². The molecule has 0 aliphatic rings. The van der Waals surface area contributed by atoms with Crippen LogP contribution in [-0.4, -0.2) is 38.7 Å². The Kier molecular flexibility index (Phi) is 6.40. The highest BCUT2D eigenvalue weighted by molar-refractivity contribution is 7.92. The smallest absolute Gasteiger partial charge is 0.325 e. The first-order chi connectivity index (χ1) is 12.7. The van der Waals surface area contributed by atoms with Crippen LogP contribution < -0.4 is 15.4 Å². The minimum absolute atomic E-state index is 0.00549. The SMILES string of the molecule is CCOC(=O)CNC(=O)Nc1ccccc1S(=O)(=O)Nc1onc(C)c1C. The second-order valence-corrected chi connectivity index (χ2v) is 7.09. The second kappa shape index (κ2) is 8.54. The van der Waals surface area contributed by atoms with Gasteiger partial charge >= 0.3 is 12.0 Å². The number of aryl methyl sites for hydroxylation is 1. The lowest BCUT2D eigenvalue weighted by Crippen LogP contribution is -2.34. The average Bonchev–Trinajstić information content (AvgIpc) is 2.92. The Morgan fingerprint density at radius 2 is 1.93 bits per heavy atom. The van der Waals surface area contributed by atoms with E-state index >= 15 is 0 Å². The van der Waals surface area contributed by atoms with Gasteiger partial charge in [0.15, 0.2) is 0 Å². The molecule has 146 valence electrons. The summed E-state index contributed by atoms with van der Waals surface area (Å²) in [4.78, 5) is 23.0. The van der Waals surface area contributed by atoms with Gasteiger partial charge in [0, 0.05) is 5.56 Å². The number of nitrogens with zero attached hydrogens (tertiary/aromatic N) is 1. The number of carbonyl (C=O) groups excluding carboxylic acids is 2. The molecule has 0 bridgehead atoms. The molecule has 3 N–H and O–H groups in total. The van der Waals surface area contributed by atoms with E-state index in [4.69, 9.17) is 9.26 Å². The van der Waals surface area contributed by atoms with E-state index in [0.717, 1.165) is 0 Å². The fourth-order valence-electron chi connectivity index (χ4n) is 2.02. The summed E-state index contributed by atoms with van der Waals surface area (Å²) in [5, 5.41) is 8.38. The molecule has 0 fully saturated rings. The maximum Gasteiger partial charge on any atom is 0.325 e. The van der Waals surface area contributed by atoms with Crippen molar-refractivity contribution in [2.45, 2.75) is 25.7 Å². The number of anilines is 2. The number of ether oxygens (including phenoxy) is 1. The van der Waals surface area contributed by atoms with E-state index in [9.17, 15) is 18.0 Å². The van der Waals surface area contributed by atoms with Gasteiger partial charge in [-0.2, -0.15) is 0 Å². The molecule has 1 aromatic carbocycles. The molecule has 27 heavy (non-hydrogen) atoms. The number of carbonyl (C=O) groups is 2. The van der Waals surface area contributed by atoms with Crippen molar-refractivity contribution in [2.24, 2.45) is 0 Å². The molecule has 0 atom stereocenters. The highest BCUT2D eigenvalue weighted by Gasteiger charge is 2.23. The zero-order valence-corrected chi connectivity index (χ0v) is 15.8. The number of hydrogen-bond donors (Lipinski definition) is 3. The summed E-state index contributed by atoms with van der Waals surface area (Å²) in [5.74, 6) is -0.611. The molecule has 2 rings (SSSR count). The normalized spacial score (nSPS) is 10.9. The largest absolute Gasteiger partial charge is 0.465 e. The van der Waals surface area contributed by atoms with E-state index in [2.05, 4.69) is 20.5 Å². The van der Waals surface area contributed by atoms with Crippen molar-refractivity contribution in [3.8, 4) is 0 Å². The lowest BCUT2D eigenvalue weighted by atomic mass is 10.3. The first kappa shape index (κ1) is 20.2. The van der Waals surface area contributed by atoms with Crippen LogP contribution in [0.25, 0.3) is 0 Å². The van der Waals surface area contributed by atoms with Crippen LogP contribution in [0.4, 0.5) is 16.4 Å². The van der Waals surface area contributed by atoms with Crippen molar-refractivity contribution >= 4 is 33.6 Å². The van der Waals surface area contributed by atoms with Crippen LogP contribution in [0.1, 0.15) is 18.2 Å². The maximum absolute atomic E-state index is 12.7. The van der Waals surface area contributed by atoms with E-state index in [1.165, 1.54) is 18.2 Å². The molecule has 0 unspecified atom stereocenters. The zero-order chi connectivity index (χ0) is 20.0. The van der Waals surface area contributed by atoms with E-state index in [-0.39, 0.29) is 29.6 Å². The molecule has 0 radical (unpaired) electrons. The summed E-state index contributed by atoms with van der Waals surface area (Å²) in [7, 11) is -4.06. The number of aromatic nitrogens is 1.